The van der Waals surface area contributed by atoms with Gasteiger partial charge in [-0.2, -0.15) is 0 Å². The predicted octanol–water partition coefficient (Wildman–Crippen LogP) is 0.579. The molecule has 4 heterocycles. The summed E-state index contributed by atoms with van der Waals surface area (Å²) in [5, 5.41) is 10.2. The molecule has 10 heteroatoms. The van der Waals surface area contributed by atoms with Gasteiger partial charge in [-0.1, -0.05) is 11.3 Å². The van der Waals surface area contributed by atoms with Gasteiger partial charge in [0.2, 0.25) is 5.95 Å². The second kappa shape index (κ2) is 7.36. The zero-order chi connectivity index (χ0) is 18.6. The van der Waals surface area contributed by atoms with Crippen molar-refractivity contribution in [1.82, 2.24) is 29.9 Å². The molecule has 0 aliphatic carbocycles. The van der Waals surface area contributed by atoms with E-state index in [2.05, 4.69) is 40.4 Å². The molecule has 3 aromatic heterocycles. The number of piperazine rings is 1. The van der Waals surface area contributed by atoms with Gasteiger partial charge in [-0.15, -0.1) is 5.10 Å². The Morgan fingerprint density at radius 1 is 1.04 bits per heavy atom. The minimum Gasteiger partial charge on any atom is -0.353 e. The van der Waals surface area contributed by atoms with E-state index < -0.39 is 0 Å². The number of anilines is 3. The van der Waals surface area contributed by atoms with Crippen LogP contribution in [-0.4, -0.2) is 62.0 Å². The molecule has 1 aliphatic rings. The molecular weight excluding hydrogens is 346 g/mol. The summed E-state index contributed by atoms with van der Waals surface area (Å²) in [6.07, 6.45) is 6.55. The molecule has 0 atom stereocenters. The number of nitrogens with zero attached hydrogens (tertiary/aromatic N) is 8. The summed E-state index contributed by atoms with van der Waals surface area (Å²) < 4.78 is 1.47. The van der Waals surface area contributed by atoms with Crippen LogP contribution < -0.4 is 15.1 Å². The predicted molar refractivity (Wildman–Crippen MR) is 99.7 cm³/mol. The molecule has 0 bridgehead atoms. The molecular formula is C17H19N9O. The first kappa shape index (κ1) is 16.9. The molecule has 138 valence electrons. The molecule has 0 spiro atoms. The van der Waals surface area contributed by atoms with E-state index in [-0.39, 0.29) is 11.6 Å². The normalized spacial score (nSPS) is 14.3. The summed E-state index contributed by atoms with van der Waals surface area (Å²) in [6.45, 7) is 3.32. The fourth-order valence-corrected chi connectivity index (χ4v) is 2.87. The third-order valence-corrected chi connectivity index (χ3v) is 4.27. The molecule has 0 unspecified atom stereocenters. The van der Waals surface area contributed by atoms with Crippen LogP contribution >= 0.6 is 0 Å². The van der Waals surface area contributed by atoms with Gasteiger partial charge < -0.3 is 15.1 Å². The Balaban J connectivity index is 1.35. The van der Waals surface area contributed by atoms with Crippen molar-refractivity contribution < 1.29 is 4.79 Å². The Morgan fingerprint density at radius 2 is 1.78 bits per heavy atom. The summed E-state index contributed by atoms with van der Waals surface area (Å²) in [7, 11) is 1.70. The third-order valence-electron chi connectivity index (χ3n) is 4.27. The highest BCUT2D eigenvalue weighted by Crippen LogP contribution is 2.16. The topological polar surface area (TPSA) is 105 Å². The van der Waals surface area contributed by atoms with Crippen LogP contribution in [0.25, 0.3) is 0 Å². The molecule has 0 radical (unpaired) electrons. The van der Waals surface area contributed by atoms with E-state index in [0.717, 1.165) is 32.0 Å². The Bertz CT molecular complexity index is 902. The lowest BCUT2D eigenvalue weighted by atomic mass is 10.3. The van der Waals surface area contributed by atoms with Crippen molar-refractivity contribution in [3.8, 4) is 0 Å². The summed E-state index contributed by atoms with van der Waals surface area (Å²) >= 11 is 0. The maximum absolute atomic E-state index is 12.1. The Labute approximate surface area is 155 Å². The van der Waals surface area contributed by atoms with Crippen LogP contribution in [-0.2, 0) is 7.05 Å². The molecule has 1 amide bonds. The number of hydrogen-bond acceptors (Lipinski definition) is 8. The number of amides is 1. The van der Waals surface area contributed by atoms with E-state index >= 15 is 0 Å². The van der Waals surface area contributed by atoms with Crippen molar-refractivity contribution in [1.29, 1.82) is 0 Å². The molecule has 1 fully saturated rings. The lowest BCUT2D eigenvalue weighted by Crippen LogP contribution is -2.47. The van der Waals surface area contributed by atoms with Gasteiger partial charge in [0.15, 0.2) is 5.69 Å². The molecule has 4 rings (SSSR count). The lowest BCUT2D eigenvalue weighted by molar-refractivity contribution is 0.102. The van der Waals surface area contributed by atoms with Crippen molar-refractivity contribution >= 4 is 23.4 Å². The highest BCUT2D eigenvalue weighted by Gasteiger charge is 2.20. The summed E-state index contributed by atoms with van der Waals surface area (Å²) in [6, 6.07) is 5.92. The number of carbonyl (C=O) groups is 1. The second-order valence-electron chi connectivity index (χ2n) is 6.17. The fraction of sp³-hybridized carbons (Fsp3) is 0.294. The Hall–Kier alpha value is -3.56. The van der Waals surface area contributed by atoms with Crippen LogP contribution in [0.15, 0.2) is 43.0 Å². The zero-order valence-corrected chi connectivity index (χ0v) is 14.9. The molecule has 27 heavy (non-hydrogen) atoms. The van der Waals surface area contributed by atoms with Crippen LogP contribution in [0.2, 0.25) is 0 Å². The number of rotatable bonds is 4. The van der Waals surface area contributed by atoms with Crippen LogP contribution in [0.5, 0.6) is 0 Å². The largest absolute Gasteiger partial charge is 0.353 e. The van der Waals surface area contributed by atoms with E-state index in [0.29, 0.717) is 11.6 Å². The minimum absolute atomic E-state index is 0.243. The first-order chi connectivity index (χ1) is 13.2. The Morgan fingerprint density at radius 3 is 2.41 bits per heavy atom. The second-order valence-corrected chi connectivity index (χ2v) is 6.17. The summed E-state index contributed by atoms with van der Waals surface area (Å²) in [5.74, 6) is 1.29. The van der Waals surface area contributed by atoms with Gasteiger partial charge in [0.05, 0.1) is 24.3 Å². The van der Waals surface area contributed by atoms with Gasteiger partial charge in [-0.05, 0) is 12.1 Å². The quantitative estimate of drug-likeness (QED) is 0.716. The lowest BCUT2D eigenvalue weighted by Gasteiger charge is -2.35. The summed E-state index contributed by atoms with van der Waals surface area (Å²) in [5.41, 5.74) is 0.758. The van der Waals surface area contributed by atoms with Crippen molar-refractivity contribution in [2.45, 2.75) is 0 Å². The van der Waals surface area contributed by atoms with E-state index in [1.165, 1.54) is 4.68 Å². The number of nitrogens with one attached hydrogen (secondary N) is 1. The average molecular weight is 365 g/mol. The fourth-order valence-electron chi connectivity index (χ4n) is 2.87. The van der Waals surface area contributed by atoms with E-state index in [1.54, 1.807) is 31.8 Å². The van der Waals surface area contributed by atoms with Crippen LogP contribution in [0, 0.1) is 0 Å². The number of carbonyl (C=O) groups excluding carboxylic acids is 1. The molecule has 0 aromatic carbocycles. The molecule has 0 saturated carbocycles. The smallest absolute Gasteiger partial charge is 0.277 e. The van der Waals surface area contributed by atoms with Crippen molar-refractivity contribution in [3.05, 3.63) is 48.7 Å². The van der Waals surface area contributed by atoms with Crippen LogP contribution in [0.4, 0.5) is 17.5 Å². The number of aromatic nitrogens is 6. The van der Waals surface area contributed by atoms with E-state index in [4.69, 9.17) is 0 Å². The molecule has 1 saturated heterocycles. The van der Waals surface area contributed by atoms with E-state index in [9.17, 15) is 4.79 Å². The third kappa shape index (κ3) is 3.84. The van der Waals surface area contributed by atoms with Crippen molar-refractivity contribution in [2.75, 3.05) is 41.3 Å². The highest BCUT2D eigenvalue weighted by molar-refractivity contribution is 6.02. The van der Waals surface area contributed by atoms with Gasteiger partial charge >= 0.3 is 0 Å². The molecule has 3 aromatic rings. The average Bonchev–Trinajstić information content (AvgIpc) is 3.16. The standard InChI is InChI=1S/C17H19N9O/c1-24-12-14(22-23-24)16(27)21-13-10-19-17(20-11-13)26-8-6-25(7-9-26)15-4-2-3-5-18-15/h2-5,10-12H,6-9H2,1H3,(H,21,27). The van der Waals surface area contributed by atoms with E-state index in [1.807, 2.05) is 18.2 Å². The minimum atomic E-state index is -0.344. The highest BCUT2D eigenvalue weighted by atomic mass is 16.2. The molecule has 1 N–H and O–H groups in total. The van der Waals surface area contributed by atoms with Crippen LogP contribution in [0.1, 0.15) is 10.5 Å². The van der Waals surface area contributed by atoms with Gasteiger partial charge in [0.25, 0.3) is 5.91 Å². The first-order valence-corrected chi connectivity index (χ1v) is 8.60. The van der Waals surface area contributed by atoms with Crippen molar-refractivity contribution in [3.63, 3.8) is 0 Å². The molecule has 1 aliphatic heterocycles. The zero-order valence-electron chi connectivity index (χ0n) is 14.9. The van der Waals surface area contributed by atoms with Gasteiger partial charge in [-0.3, -0.25) is 9.48 Å². The number of hydrogen-bond donors (Lipinski definition) is 1. The number of pyridine rings is 1. The monoisotopic (exact) mass is 365 g/mol. The van der Waals surface area contributed by atoms with Gasteiger partial charge in [0, 0.05) is 39.4 Å². The maximum atomic E-state index is 12.1. The van der Waals surface area contributed by atoms with Gasteiger partial charge in [0.1, 0.15) is 5.82 Å². The van der Waals surface area contributed by atoms with Crippen LogP contribution in [0.3, 0.4) is 0 Å². The van der Waals surface area contributed by atoms with Crippen molar-refractivity contribution in [2.24, 2.45) is 7.05 Å². The SMILES string of the molecule is Cn1cc(C(=O)Nc2cnc(N3CCN(c4ccccn4)CC3)nc2)nn1. The number of aryl methyl sites for hydroxylation is 1. The first-order valence-electron chi connectivity index (χ1n) is 8.60. The summed E-state index contributed by atoms with van der Waals surface area (Å²) in [4.78, 5) is 29.6. The molecule has 10 nitrogen and oxygen atoms in total. The Kier molecular flexibility index (Phi) is 4.60. The maximum Gasteiger partial charge on any atom is 0.277 e. The van der Waals surface area contributed by atoms with Gasteiger partial charge in [-0.25, -0.2) is 15.0 Å².